The Kier molecular flexibility index (Phi) is 6.10. The Labute approximate surface area is 173 Å². The minimum Gasteiger partial charge on any atom is -0.456 e. The fourth-order valence-electron chi connectivity index (χ4n) is 4.17. The van der Waals surface area contributed by atoms with E-state index < -0.39 is 5.60 Å². The van der Waals surface area contributed by atoms with Crippen LogP contribution in [0.1, 0.15) is 92.4 Å². The van der Waals surface area contributed by atoms with E-state index in [1.807, 2.05) is 45.0 Å². The number of aromatic nitrogens is 2. The SMILES string of the molecule is CCC(CCC1CCc2nc(N)nc(N)c21)c1ccc(C(=O)OC(C)(C)C)cc1. The van der Waals surface area contributed by atoms with Crippen molar-refractivity contribution in [2.45, 2.75) is 77.2 Å². The maximum Gasteiger partial charge on any atom is 0.338 e. The van der Waals surface area contributed by atoms with Crippen LogP contribution in [-0.2, 0) is 11.2 Å². The molecule has 0 fully saturated rings. The summed E-state index contributed by atoms with van der Waals surface area (Å²) >= 11 is 0. The molecule has 0 radical (unpaired) electrons. The molecule has 2 aromatic rings. The van der Waals surface area contributed by atoms with Crippen molar-refractivity contribution in [3.63, 3.8) is 0 Å². The fourth-order valence-corrected chi connectivity index (χ4v) is 4.17. The molecule has 0 bridgehead atoms. The van der Waals surface area contributed by atoms with Crippen LogP contribution in [0.15, 0.2) is 24.3 Å². The Morgan fingerprint density at radius 1 is 1.21 bits per heavy atom. The lowest BCUT2D eigenvalue weighted by Crippen LogP contribution is -2.23. The second-order valence-corrected chi connectivity index (χ2v) is 8.87. The van der Waals surface area contributed by atoms with Crippen LogP contribution >= 0.6 is 0 Å². The molecule has 0 saturated carbocycles. The molecule has 1 heterocycles. The second kappa shape index (κ2) is 8.39. The normalized spacial score (nSPS) is 17.0. The maximum absolute atomic E-state index is 12.2. The van der Waals surface area contributed by atoms with Gasteiger partial charge in [0.05, 0.1) is 11.3 Å². The number of ether oxygens (including phenoxy) is 1. The molecule has 6 nitrogen and oxygen atoms in total. The first-order valence-corrected chi connectivity index (χ1v) is 10.4. The van der Waals surface area contributed by atoms with Gasteiger partial charge in [-0.15, -0.1) is 0 Å². The summed E-state index contributed by atoms with van der Waals surface area (Å²) in [5, 5.41) is 0. The highest BCUT2D eigenvalue weighted by atomic mass is 16.6. The Bertz CT molecular complexity index is 872. The summed E-state index contributed by atoms with van der Waals surface area (Å²) in [5.74, 6) is 1.33. The molecule has 0 saturated heterocycles. The van der Waals surface area contributed by atoms with Crippen LogP contribution in [0.4, 0.5) is 11.8 Å². The summed E-state index contributed by atoms with van der Waals surface area (Å²) in [6.07, 6.45) is 5.09. The van der Waals surface area contributed by atoms with E-state index in [1.165, 1.54) is 5.56 Å². The van der Waals surface area contributed by atoms with Gasteiger partial charge in [0.1, 0.15) is 11.4 Å². The van der Waals surface area contributed by atoms with Crippen LogP contribution in [0.2, 0.25) is 0 Å². The highest BCUT2D eigenvalue weighted by Gasteiger charge is 2.28. The topological polar surface area (TPSA) is 104 Å². The summed E-state index contributed by atoms with van der Waals surface area (Å²) in [5.41, 5.74) is 15.3. The van der Waals surface area contributed by atoms with Crippen molar-refractivity contribution in [1.29, 1.82) is 0 Å². The summed E-state index contributed by atoms with van der Waals surface area (Å²) in [4.78, 5) is 20.7. The lowest BCUT2D eigenvalue weighted by molar-refractivity contribution is 0.00695. The van der Waals surface area contributed by atoms with Crippen LogP contribution in [-0.4, -0.2) is 21.5 Å². The largest absolute Gasteiger partial charge is 0.456 e. The lowest BCUT2D eigenvalue weighted by Gasteiger charge is -2.21. The molecule has 0 aliphatic heterocycles. The van der Waals surface area contributed by atoms with E-state index in [2.05, 4.69) is 16.9 Å². The van der Waals surface area contributed by atoms with Gasteiger partial charge in [0.15, 0.2) is 0 Å². The van der Waals surface area contributed by atoms with Crippen molar-refractivity contribution in [3.8, 4) is 0 Å². The standard InChI is InChI=1S/C23H32N4O2/c1-5-14(15-7-10-17(11-8-15)21(28)29-23(2,3)4)6-9-16-12-13-18-19(16)20(24)27-22(25)26-18/h7-8,10-11,14,16H,5-6,9,12-13H2,1-4H3,(H4,24,25,26,27). The van der Waals surface area contributed by atoms with Gasteiger partial charge in [-0.1, -0.05) is 19.1 Å². The number of nitrogens with zero attached hydrogens (tertiary/aromatic N) is 2. The predicted molar refractivity (Wildman–Crippen MR) is 116 cm³/mol. The van der Waals surface area contributed by atoms with Gasteiger partial charge in [0.2, 0.25) is 5.95 Å². The van der Waals surface area contributed by atoms with E-state index in [0.717, 1.165) is 43.4 Å². The molecule has 156 valence electrons. The van der Waals surface area contributed by atoms with Crippen LogP contribution < -0.4 is 11.5 Å². The quantitative estimate of drug-likeness (QED) is 0.692. The van der Waals surface area contributed by atoms with Crippen molar-refractivity contribution < 1.29 is 9.53 Å². The fraction of sp³-hybridized carbons (Fsp3) is 0.522. The van der Waals surface area contributed by atoms with E-state index in [0.29, 0.717) is 23.2 Å². The van der Waals surface area contributed by atoms with Gasteiger partial charge in [-0.25, -0.2) is 9.78 Å². The number of carbonyl (C=O) groups excluding carboxylic acids is 1. The molecule has 1 aliphatic carbocycles. The summed E-state index contributed by atoms with van der Waals surface area (Å²) in [6.45, 7) is 7.83. The number of nitrogens with two attached hydrogens (primary N) is 2. The number of hydrogen-bond donors (Lipinski definition) is 2. The van der Waals surface area contributed by atoms with Crippen molar-refractivity contribution in [2.75, 3.05) is 11.5 Å². The third-order valence-electron chi connectivity index (χ3n) is 5.58. The van der Waals surface area contributed by atoms with E-state index >= 15 is 0 Å². The minimum absolute atomic E-state index is 0.262. The summed E-state index contributed by atoms with van der Waals surface area (Å²) < 4.78 is 5.45. The van der Waals surface area contributed by atoms with Gasteiger partial charge in [-0.2, -0.15) is 4.98 Å². The molecule has 1 aromatic carbocycles. The highest BCUT2D eigenvalue weighted by Crippen LogP contribution is 2.40. The average Bonchev–Trinajstić information content (AvgIpc) is 3.04. The number of anilines is 2. The number of hydrogen-bond acceptors (Lipinski definition) is 6. The maximum atomic E-state index is 12.2. The molecular weight excluding hydrogens is 364 g/mol. The lowest BCUT2D eigenvalue weighted by atomic mass is 9.86. The van der Waals surface area contributed by atoms with Crippen molar-refractivity contribution in [2.24, 2.45) is 0 Å². The summed E-state index contributed by atoms with van der Waals surface area (Å²) in [7, 11) is 0. The van der Waals surface area contributed by atoms with Crippen molar-refractivity contribution in [1.82, 2.24) is 9.97 Å². The molecule has 1 aromatic heterocycles. The number of benzene rings is 1. The Balaban J connectivity index is 1.65. The molecule has 6 heteroatoms. The van der Waals surface area contributed by atoms with Crippen LogP contribution in [0.3, 0.4) is 0 Å². The first-order valence-electron chi connectivity index (χ1n) is 10.4. The van der Waals surface area contributed by atoms with Gasteiger partial charge in [0, 0.05) is 5.56 Å². The molecule has 2 unspecified atom stereocenters. The van der Waals surface area contributed by atoms with E-state index in [-0.39, 0.29) is 11.9 Å². The molecule has 0 spiro atoms. The predicted octanol–water partition coefficient (Wildman–Crippen LogP) is 4.60. The Morgan fingerprint density at radius 2 is 1.90 bits per heavy atom. The first-order chi connectivity index (χ1) is 13.7. The Hall–Kier alpha value is -2.63. The molecule has 29 heavy (non-hydrogen) atoms. The van der Waals surface area contributed by atoms with Gasteiger partial charge in [-0.05, 0) is 82.4 Å². The molecule has 4 N–H and O–H groups in total. The van der Waals surface area contributed by atoms with E-state index in [4.69, 9.17) is 16.2 Å². The van der Waals surface area contributed by atoms with Crippen LogP contribution in [0.25, 0.3) is 0 Å². The van der Waals surface area contributed by atoms with Crippen molar-refractivity contribution in [3.05, 3.63) is 46.6 Å². The third-order valence-corrected chi connectivity index (χ3v) is 5.58. The number of aryl methyl sites for hydroxylation is 1. The van der Waals surface area contributed by atoms with Crippen molar-refractivity contribution >= 4 is 17.7 Å². The molecule has 2 atom stereocenters. The second-order valence-electron chi connectivity index (χ2n) is 8.87. The van der Waals surface area contributed by atoms with E-state index in [9.17, 15) is 4.79 Å². The monoisotopic (exact) mass is 396 g/mol. The highest BCUT2D eigenvalue weighted by molar-refractivity contribution is 5.89. The van der Waals surface area contributed by atoms with Crippen LogP contribution in [0, 0.1) is 0 Å². The zero-order chi connectivity index (χ0) is 21.2. The molecule has 3 rings (SSSR count). The van der Waals surface area contributed by atoms with Gasteiger partial charge in [-0.3, -0.25) is 0 Å². The third kappa shape index (κ3) is 5.05. The zero-order valence-electron chi connectivity index (χ0n) is 17.9. The molecule has 0 amide bonds. The number of fused-ring (bicyclic) bond motifs is 1. The number of carbonyl (C=O) groups is 1. The molecular formula is C23H32N4O2. The van der Waals surface area contributed by atoms with Crippen LogP contribution in [0.5, 0.6) is 0 Å². The minimum atomic E-state index is -0.491. The Morgan fingerprint density at radius 3 is 2.52 bits per heavy atom. The summed E-state index contributed by atoms with van der Waals surface area (Å²) in [6, 6.07) is 7.83. The number of rotatable bonds is 6. The van der Waals surface area contributed by atoms with Gasteiger partial charge >= 0.3 is 5.97 Å². The first kappa shape index (κ1) is 21.1. The van der Waals surface area contributed by atoms with Gasteiger partial charge in [0.25, 0.3) is 0 Å². The van der Waals surface area contributed by atoms with Gasteiger partial charge < -0.3 is 16.2 Å². The zero-order valence-corrected chi connectivity index (χ0v) is 17.9. The van der Waals surface area contributed by atoms with E-state index in [1.54, 1.807) is 0 Å². The molecule has 1 aliphatic rings. The number of nitrogen functional groups attached to an aromatic ring is 2. The smallest absolute Gasteiger partial charge is 0.338 e. The number of esters is 1. The average molecular weight is 397 g/mol.